The molecule has 0 atom stereocenters. The highest BCUT2D eigenvalue weighted by molar-refractivity contribution is 5.69. The minimum atomic E-state index is -0.612. The van der Waals surface area contributed by atoms with Crippen LogP contribution in [-0.4, -0.2) is 21.3 Å². The highest BCUT2D eigenvalue weighted by Crippen LogP contribution is 2.21. The molecule has 0 amide bonds. The Hall–Kier alpha value is -4.40. The summed E-state index contributed by atoms with van der Waals surface area (Å²) in [6.45, 7) is 0. The first-order valence-corrected chi connectivity index (χ1v) is 9.26. The van der Waals surface area contributed by atoms with Crippen LogP contribution in [0.5, 0.6) is 17.2 Å². The van der Waals surface area contributed by atoms with Crippen molar-refractivity contribution in [3.8, 4) is 17.2 Å². The number of nitrogens with two attached hydrogens (primary N) is 1. The van der Waals surface area contributed by atoms with Gasteiger partial charge in [0.15, 0.2) is 5.75 Å². The number of nitrogens with one attached hydrogen (secondary N) is 1. The molecule has 0 spiro atoms. The number of hydrogen-bond acceptors (Lipinski definition) is 9. The van der Waals surface area contributed by atoms with E-state index in [0.29, 0.717) is 0 Å². The van der Waals surface area contributed by atoms with Crippen molar-refractivity contribution in [1.82, 2.24) is 0 Å². The quantitative estimate of drug-likeness (QED) is 0.352. The van der Waals surface area contributed by atoms with Crippen LogP contribution in [0.1, 0.15) is 0 Å². The molecule has 4 aromatic rings. The van der Waals surface area contributed by atoms with Crippen molar-refractivity contribution in [3.63, 3.8) is 0 Å². The normalized spacial score (nSPS) is 9.72. The molecule has 4 aromatic carbocycles. The van der Waals surface area contributed by atoms with Crippen LogP contribution >= 0.6 is 0 Å². The number of methoxy groups -OCH3 is 3. The van der Waals surface area contributed by atoms with Gasteiger partial charge in [0.1, 0.15) is 5.69 Å². The second-order valence-corrected chi connectivity index (χ2v) is 6.19. The molecule has 0 saturated carbocycles. The Morgan fingerprint density at radius 2 is 1.00 bits per heavy atom. The Balaban J connectivity index is 0.000000184. The first kappa shape index (κ1) is 23.9. The predicted molar refractivity (Wildman–Crippen MR) is 123 cm³/mol. The summed E-state index contributed by atoms with van der Waals surface area (Å²) >= 11 is 0. The second kappa shape index (κ2) is 11.1. The summed E-state index contributed by atoms with van der Waals surface area (Å²) in [5.74, 6) is 0.142. The van der Waals surface area contributed by atoms with E-state index in [-0.39, 0.29) is 22.9 Å². The first-order chi connectivity index (χ1) is 15.3. The maximum atomic E-state index is 11.2. The fourth-order valence-electron chi connectivity index (χ4n) is 2.52. The van der Waals surface area contributed by atoms with Gasteiger partial charge >= 0.3 is 0 Å². The molecule has 4 rings (SSSR count). The Bertz CT molecular complexity index is 1250. The highest BCUT2D eigenvalue weighted by atomic mass is 16.5. The van der Waals surface area contributed by atoms with Crippen molar-refractivity contribution in [2.24, 2.45) is 0 Å². The molecule has 32 heavy (non-hydrogen) atoms. The van der Waals surface area contributed by atoms with Gasteiger partial charge in [-0.1, -0.05) is 36.4 Å². The van der Waals surface area contributed by atoms with E-state index < -0.39 is 21.7 Å². The smallest absolute Gasteiger partial charge is 0.275 e. The molecular formula is C23H22N2O7. The van der Waals surface area contributed by atoms with Gasteiger partial charge in [0, 0.05) is 11.4 Å². The molecule has 0 heterocycles. The minimum absolute atomic E-state index is 0.0208. The van der Waals surface area contributed by atoms with Crippen molar-refractivity contribution in [2.45, 2.75) is 0 Å². The molecular weight excluding hydrogens is 416 g/mol. The lowest BCUT2D eigenvalue weighted by atomic mass is 10.2. The van der Waals surface area contributed by atoms with Gasteiger partial charge in [0.25, 0.3) is 21.7 Å². The average Bonchev–Trinajstić information content (AvgIpc) is 2.83. The lowest BCUT2D eigenvalue weighted by Gasteiger charge is -2.11. The Morgan fingerprint density at radius 3 is 1.38 bits per heavy atom. The van der Waals surface area contributed by atoms with Gasteiger partial charge in [-0.15, -0.1) is 0 Å². The van der Waals surface area contributed by atoms with Gasteiger partial charge in [-0.3, -0.25) is 19.2 Å². The molecule has 0 saturated heterocycles. The largest absolute Gasteiger partial charge is 0.491 e. The molecule has 0 aliphatic heterocycles. The summed E-state index contributed by atoms with van der Waals surface area (Å²) in [7, 11) is 4.00. The monoisotopic (exact) mass is 438 g/mol. The van der Waals surface area contributed by atoms with E-state index in [2.05, 4.69) is 14.8 Å². The van der Waals surface area contributed by atoms with E-state index in [1.807, 2.05) is 48.5 Å². The molecule has 0 aliphatic carbocycles. The van der Waals surface area contributed by atoms with Crippen molar-refractivity contribution in [2.75, 3.05) is 32.4 Å². The Kier molecular flexibility index (Phi) is 8.29. The third kappa shape index (κ3) is 5.39. The zero-order valence-electron chi connectivity index (χ0n) is 17.7. The van der Waals surface area contributed by atoms with Crippen LogP contribution in [0, 0.1) is 0 Å². The Morgan fingerprint density at radius 1 is 0.594 bits per heavy atom. The molecule has 0 aromatic heterocycles. The second-order valence-electron chi connectivity index (χ2n) is 6.19. The van der Waals surface area contributed by atoms with Crippen LogP contribution in [-0.2, 0) is 0 Å². The third-order valence-corrected chi connectivity index (χ3v) is 4.15. The zero-order valence-corrected chi connectivity index (χ0v) is 17.7. The Labute approximate surface area is 183 Å². The topological polar surface area (TPSA) is 134 Å². The van der Waals surface area contributed by atoms with Crippen molar-refractivity contribution in [3.05, 3.63) is 102 Å². The lowest BCUT2D eigenvalue weighted by molar-refractivity contribution is 0.339. The number of para-hydroxylation sites is 2. The number of nitrogen functional groups attached to an aromatic ring is 1. The maximum Gasteiger partial charge on any atom is 0.275 e. The minimum Gasteiger partial charge on any atom is -0.491 e. The fourth-order valence-corrected chi connectivity index (χ4v) is 2.52. The van der Waals surface area contributed by atoms with Crippen LogP contribution in [0.15, 0.2) is 79.8 Å². The van der Waals surface area contributed by atoms with Crippen LogP contribution < -0.4 is 47.0 Å². The van der Waals surface area contributed by atoms with E-state index in [1.54, 1.807) is 12.1 Å². The SMILES string of the molecule is COc1c(Nc2ccccc2)c(=O)c1=O.COc1c(OC)c(=O)c1=O.Nc1ccccc1. The maximum absolute atomic E-state index is 11.2. The molecule has 0 aliphatic rings. The zero-order chi connectivity index (χ0) is 23.7. The number of rotatable bonds is 5. The summed E-state index contributed by atoms with van der Waals surface area (Å²) in [6, 6.07) is 18.6. The van der Waals surface area contributed by atoms with Gasteiger partial charge < -0.3 is 25.3 Å². The third-order valence-electron chi connectivity index (χ3n) is 4.15. The van der Waals surface area contributed by atoms with Gasteiger partial charge in [-0.25, -0.2) is 0 Å². The highest BCUT2D eigenvalue weighted by Gasteiger charge is 2.22. The molecule has 9 heteroatoms. The van der Waals surface area contributed by atoms with Gasteiger partial charge in [-0.2, -0.15) is 0 Å². The molecule has 0 radical (unpaired) electrons. The van der Waals surface area contributed by atoms with Crippen molar-refractivity contribution in [1.29, 1.82) is 0 Å². The van der Waals surface area contributed by atoms with E-state index in [1.165, 1.54) is 21.3 Å². The van der Waals surface area contributed by atoms with Crippen LogP contribution in [0.25, 0.3) is 0 Å². The summed E-state index contributed by atoms with van der Waals surface area (Å²) in [6.07, 6.45) is 0. The number of ether oxygens (including phenoxy) is 3. The predicted octanol–water partition coefficient (Wildman–Crippen LogP) is 1.60. The number of anilines is 3. The van der Waals surface area contributed by atoms with E-state index in [9.17, 15) is 19.2 Å². The van der Waals surface area contributed by atoms with Gasteiger partial charge in [0.05, 0.1) is 21.3 Å². The van der Waals surface area contributed by atoms with Crippen molar-refractivity contribution < 1.29 is 14.2 Å². The molecule has 0 fully saturated rings. The molecule has 3 N–H and O–H groups in total. The summed E-state index contributed by atoms with van der Waals surface area (Å²) in [5.41, 5.74) is 4.83. The molecule has 166 valence electrons. The standard InChI is InChI=1S/C11H9NO3.C6H7N.C6H6O4/c1-15-11-8(9(13)10(11)14)12-7-5-3-2-4-6-7;7-6-4-2-1-3-5-6;1-9-5-3(7)4(8)6(5)10-2/h2-6,12H,1H3;1-5H,7H2;1-2H3. The first-order valence-electron chi connectivity index (χ1n) is 9.26. The molecule has 0 unspecified atom stereocenters. The van der Waals surface area contributed by atoms with Gasteiger partial charge in [-0.05, 0) is 24.3 Å². The van der Waals surface area contributed by atoms with E-state index >= 15 is 0 Å². The van der Waals surface area contributed by atoms with Crippen molar-refractivity contribution >= 4 is 17.1 Å². The average molecular weight is 438 g/mol. The lowest BCUT2D eigenvalue weighted by Crippen LogP contribution is -2.34. The van der Waals surface area contributed by atoms with Crippen LogP contribution in [0.3, 0.4) is 0 Å². The molecule has 9 nitrogen and oxygen atoms in total. The van der Waals surface area contributed by atoms with E-state index in [4.69, 9.17) is 10.5 Å². The van der Waals surface area contributed by atoms with Crippen LogP contribution in [0.2, 0.25) is 0 Å². The van der Waals surface area contributed by atoms with E-state index in [0.717, 1.165) is 11.4 Å². The number of hydrogen-bond donors (Lipinski definition) is 2. The van der Waals surface area contributed by atoms with Crippen LogP contribution in [0.4, 0.5) is 17.1 Å². The summed E-state index contributed by atoms with van der Waals surface area (Å²) in [4.78, 5) is 43.3. The number of benzene rings is 2. The van der Waals surface area contributed by atoms with Gasteiger partial charge in [0.2, 0.25) is 11.5 Å². The summed E-state index contributed by atoms with van der Waals surface area (Å²) < 4.78 is 13.9. The summed E-state index contributed by atoms with van der Waals surface area (Å²) in [5, 5.41) is 2.84. The fraction of sp³-hybridized carbons (Fsp3) is 0.130. The molecule has 0 bridgehead atoms.